The molecule has 0 bridgehead atoms. The summed E-state index contributed by atoms with van der Waals surface area (Å²) in [5.41, 5.74) is 2.47. The van der Waals surface area contributed by atoms with Gasteiger partial charge in [-0.3, -0.25) is 14.5 Å². The molecule has 10 heteroatoms. The van der Waals surface area contributed by atoms with Crippen LogP contribution in [0.25, 0.3) is 11.4 Å². The molecule has 1 amide bonds. The molecule has 2 heterocycles. The number of nitrogens with zero attached hydrogens (tertiary/aromatic N) is 3. The minimum atomic E-state index is -3.56. The lowest BCUT2D eigenvalue weighted by molar-refractivity contribution is -0.116. The number of rotatable bonds is 7. The SMILES string of the molecule is Cc1cccc(-c2n[nH]c(=S)n2CCC(=O)Nc2cccc(S(=O)(=O)N3CCCCC3)c2)c1. The molecule has 1 saturated heterocycles. The summed E-state index contributed by atoms with van der Waals surface area (Å²) in [5, 5.41) is 9.92. The van der Waals surface area contributed by atoms with Gasteiger partial charge in [0.2, 0.25) is 15.9 Å². The number of aryl methyl sites for hydroxylation is 1. The van der Waals surface area contributed by atoms with E-state index >= 15 is 0 Å². The van der Waals surface area contributed by atoms with Gasteiger partial charge in [0.25, 0.3) is 0 Å². The zero-order chi connectivity index (χ0) is 23.4. The monoisotopic (exact) mass is 485 g/mol. The molecule has 174 valence electrons. The van der Waals surface area contributed by atoms with Crippen molar-refractivity contribution >= 4 is 33.8 Å². The minimum Gasteiger partial charge on any atom is -0.326 e. The number of sulfonamides is 1. The molecule has 4 rings (SSSR count). The lowest BCUT2D eigenvalue weighted by Gasteiger charge is -2.26. The van der Waals surface area contributed by atoms with Crippen LogP contribution in [-0.4, -0.2) is 46.5 Å². The molecule has 0 radical (unpaired) electrons. The van der Waals surface area contributed by atoms with E-state index in [-0.39, 0.29) is 17.2 Å². The zero-order valence-electron chi connectivity index (χ0n) is 18.5. The minimum absolute atomic E-state index is 0.162. The van der Waals surface area contributed by atoms with Gasteiger partial charge in [-0.15, -0.1) is 0 Å². The Morgan fingerprint density at radius 1 is 1.12 bits per heavy atom. The molecule has 0 atom stereocenters. The molecule has 0 aliphatic carbocycles. The predicted octanol–water partition coefficient (Wildman–Crippen LogP) is 4.12. The lowest BCUT2D eigenvalue weighted by atomic mass is 10.1. The zero-order valence-corrected chi connectivity index (χ0v) is 20.1. The summed E-state index contributed by atoms with van der Waals surface area (Å²) in [6.07, 6.45) is 2.96. The van der Waals surface area contributed by atoms with Crippen LogP contribution in [0.3, 0.4) is 0 Å². The topological polar surface area (TPSA) is 100 Å². The van der Waals surface area contributed by atoms with Crippen molar-refractivity contribution in [3.63, 3.8) is 0 Å². The first-order chi connectivity index (χ1) is 15.8. The summed E-state index contributed by atoms with van der Waals surface area (Å²) >= 11 is 5.35. The van der Waals surface area contributed by atoms with Crippen LogP contribution in [0.4, 0.5) is 5.69 Å². The number of hydrogen-bond acceptors (Lipinski definition) is 5. The number of anilines is 1. The highest BCUT2D eigenvalue weighted by molar-refractivity contribution is 7.89. The van der Waals surface area contributed by atoms with Crippen LogP contribution in [0.2, 0.25) is 0 Å². The standard InChI is InChI=1S/C23H27N5O3S2/c1-17-7-5-8-18(15-17)22-25-26-23(32)28(22)14-11-21(29)24-19-9-6-10-20(16-19)33(30,31)27-12-3-2-4-13-27/h5-10,15-16H,2-4,11-14H2,1H3,(H,24,29)(H,26,32). The van der Waals surface area contributed by atoms with E-state index in [2.05, 4.69) is 15.5 Å². The van der Waals surface area contributed by atoms with Crippen molar-refractivity contribution < 1.29 is 13.2 Å². The second-order valence-electron chi connectivity index (χ2n) is 8.16. The van der Waals surface area contributed by atoms with Gasteiger partial charge in [-0.1, -0.05) is 36.2 Å². The van der Waals surface area contributed by atoms with Gasteiger partial charge in [-0.05, 0) is 56.2 Å². The summed E-state index contributed by atoms with van der Waals surface area (Å²) in [6.45, 7) is 3.42. The Balaban J connectivity index is 1.44. The number of carbonyl (C=O) groups excluding carboxylic acids is 1. The highest BCUT2D eigenvalue weighted by atomic mass is 32.2. The molecule has 0 spiro atoms. The third-order valence-corrected chi connectivity index (χ3v) is 7.87. The van der Waals surface area contributed by atoms with Gasteiger partial charge in [0.15, 0.2) is 10.6 Å². The molecule has 1 aliphatic rings. The van der Waals surface area contributed by atoms with Gasteiger partial charge in [0.1, 0.15) is 0 Å². The van der Waals surface area contributed by atoms with E-state index in [0.717, 1.165) is 30.4 Å². The summed E-state index contributed by atoms with van der Waals surface area (Å²) < 4.78 is 29.6. The van der Waals surface area contributed by atoms with Crippen LogP contribution in [0, 0.1) is 11.7 Å². The first-order valence-electron chi connectivity index (χ1n) is 11.0. The number of benzene rings is 2. The smallest absolute Gasteiger partial charge is 0.243 e. The molecule has 33 heavy (non-hydrogen) atoms. The van der Waals surface area contributed by atoms with E-state index in [1.165, 1.54) is 10.4 Å². The summed E-state index contributed by atoms with van der Waals surface area (Å²) in [4.78, 5) is 12.8. The molecule has 3 aromatic rings. The number of aromatic amines is 1. The molecular formula is C23H27N5O3S2. The second-order valence-corrected chi connectivity index (χ2v) is 10.5. The van der Waals surface area contributed by atoms with Gasteiger partial charge >= 0.3 is 0 Å². The van der Waals surface area contributed by atoms with E-state index in [1.54, 1.807) is 22.8 Å². The van der Waals surface area contributed by atoms with Gasteiger partial charge in [0.05, 0.1) is 4.90 Å². The molecular weight excluding hydrogens is 458 g/mol. The first-order valence-corrected chi connectivity index (χ1v) is 12.8. The van der Waals surface area contributed by atoms with E-state index in [4.69, 9.17) is 12.2 Å². The van der Waals surface area contributed by atoms with Crippen LogP contribution in [0.5, 0.6) is 0 Å². The Bertz CT molecular complexity index is 1310. The maximum atomic E-state index is 12.9. The molecule has 2 aromatic carbocycles. The number of carbonyl (C=O) groups is 1. The van der Waals surface area contributed by atoms with Crippen molar-refractivity contribution in [3.05, 3.63) is 58.9 Å². The number of nitrogens with one attached hydrogen (secondary N) is 2. The van der Waals surface area contributed by atoms with Gasteiger partial charge in [-0.2, -0.15) is 9.40 Å². The maximum absolute atomic E-state index is 12.9. The van der Waals surface area contributed by atoms with Gasteiger partial charge in [0, 0.05) is 37.3 Å². The van der Waals surface area contributed by atoms with Crippen LogP contribution >= 0.6 is 12.2 Å². The first kappa shape index (κ1) is 23.3. The molecule has 1 aromatic heterocycles. The molecule has 0 unspecified atom stereocenters. The average molecular weight is 486 g/mol. The summed E-state index contributed by atoms with van der Waals surface area (Å²) in [7, 11) is -3.56. The van der Waals surface area contributed by atoms with Crippen LogP contribution in [-0.2, 0) is 21.4 Å². The van der Waals surface area contributed by atoms with Crippen molar-refractivity contribution in [2.75, 3.05) is 18.4 Å². The fourth-order valence-electron chi connectivity index (χ4n) is 3.96. The van der Waals surface area contributed by atoms with Crippen molar-refractivity contribution in [1.29, 1.82) is 0 Å². The largest absolute Gasteiger partial charge is 0.326 e. The molecule has 0 saturated carbocycles. The Morgan fingerprint density at radius 3 is 2.64 bits per heavy atom. The van der Waals surface area contributed by atoms with Crippen LogP contribution in [0.1, 0.15) is 31.2 Å². The lowest BCUT2D eigenvalue weighted by Crippen LogP contribution is -2.35. The molecule has 1 fully saturated rings. The van der Waals surface area contributed by atoms with Crippen molar-refractivity contribution in [2.45, 2.75) is 44.0 Å². The molecule has 2 N–H and O–H groups in total. The fraction of sp³-hybridized carbons (Fsp3) is 0.348. The quantitative estimate of drug-likeness (QED) is 0.491. The Morgan fingerprint density at radius 2 is 1.88 bits per heavy atom. The van der Waals surface area contributed by atoms with Crippen molar-refractivity contribution in [3.8, 4) is 11.4 Å². The third-order valence-electron chi connectivity index (χ3n) is 5.67. The van der Waals surface area contributed by atoms with E-state index in [9.17, 15) is 13.2 Å². The second kappa shape index (κ2) is 9.98. The molecule has 1 aliphatic heterocycles. The number of hydrogen-bond donors (Lipinski definition) is 2. The van der Waals surface area contributed by atoms with Gasteiger partial charge in [-0.25, -0.2) is 8.42 Å². The predicted molar refractivity (Wildman–Crippen MR) is 130 cm³/mol. The molecule has 8 nitrogen and oxygen atoms in total. The maximum Gasteiger partial charge on any atom is 0.243 e. The Labute approximate surface area is 198 Å². The van der Waals surface area contributed by atoms with Crippen molar-refractivity contribution in [2.24, 2.45) is 0 Å². The van der Waals surface area contributed by atoms with E-state index in [0.29, 0.717) is 35.9 Å². The van der Waals surface area contributed by atoms with Crippen LogP contribution in [0.15, 0.2) is 53.4 Å². The fourth-order valence-corrected chi connectivity index (χ4v) is 5.74. The number of amides is 1. The average Bonchev–Trinajstić information content (AvgIpc) is 3.19. The highest BCUT2D eigenvalue weighted by Gasteiger charge is 2.26. The van der Waals surface area contributed by atoms with Gasteiger partial charge < -0.3 is 5.32 Å². The van der Waals surface area contributed by atoms with Crippen LogP contribution < -0.4 is 5.32 Å². The van der Waals surface area contributed by atoms with Crippen molar-refractivity contribution in [1.82, 2.24) is 19.1 Å². The number of piperidine rings is 1. The van der Waals surface area contributed by atoms with E-state index < -0.39 is 10.0 Å². The number of H-pyrrole nitrogens is 1. The normalized spacial score (nSPS) is 14.8. The Kier molecular flexibility index (Phi) is 7.06. The summed E-state index contributed by atoms with van der Waals surface area (Å²) in [6, 6.07) is 14.3. The third kappa shape index (κ3) is 5.40. The highest BCUT2D eigenvalue weighted by Crippen LogP contribution is 2.23. The number of aromatic nitrogens is 3. The van der Waals surface area contributed by atoms with E-state index in [1.807, 2.05) is 31.2 Å². The summed E-state index contributed by atoms with van der Waals surface area (Å²) in [5.74, 6) is 0.437. The Hall–Kier alpha value is -2.82.